The molecule has 1 aliphatic heterocycles. The first-order chi connectivity index (χ1) is 9.25. The van der Waals surface area contributed by atoms with E-state index >= 15 is 0 Å². The molecule has 19 heavy (non-hydrogen) atoms. The molecule has 1 aromatic heterocycles. The Balaban J connectivity index is 1.87. The Morgan fingerprint density at radius 3 is 2.95 bits per heavy atom. The topological polar surface area (TPSA) is 20.3 Å². The van der Waals surface area contributed by atoms with Gasteiger partial charge in [0.2, 0.25) is 0 Å². The lowest BCUT2D eigenvalue weighted by Gasteiger charge is -2.24. The molecule has 0 N–H and O–H groups in total. The fraction of sp³-hybridized carbons (Fsp3) is 0.267. The maximum atomic E-state index is 12.6. The third-order valence-corrected chi connectivity index (χ3v) is 5.10. The zero-order chi connectivity index (χ0) is 13.2. The van der Waals surface area contributed by atoms with Crippen LogP contribution in [0.15, 0.2) is 41.8 Å². The van der Waals surface area contributed by atoms with Crippen LogP contribution in [0.5, 0.6) is 0 Å². The van der Waals surface area contributed by atoms with Crippen molar-refractivity contribution in [3.05, 3.63) is 55.8 Å². The zero-order valence-corrected chi connectivity index (χ0v) is 13.4. The predicted octanol–water partition coefficient (Wildman–Crippen LogP) is 4.33. The number of carbonyl (C=O) groups excluding carboxylic acids is 1. The lowest BCUT2D eigenvalue weighted by atomic mass is 10.1. The summed E-state index contributed by atoms with van der Waals surface area (Å²) in [6.45, 7) is 0.868. The Labute approximate surface area is 130 Å². The van der Waals surface area contributed by atoms with Gasteiger partial charge in [-0.15, -0.1) is 11.3 Å². The van der Waals surface area contributed by atoms with Gasteiger partial charge in [0.25, 0.3) is 5.91 Å². The van der Waals surface area contributed by atoms with Gasteiger partial charge >= 0.3 is 0 Å². The molecule has 4 heteroatoms. The van der Waals surface area contributed by atoms with Crippen LogP contribution in [0.3, 0.4) is 0 Å². The number of benzene rings is 1. The molecule has 0 bridgehead atoms. The number of likely N-dealkylation sites (tertiary alicyclic amines) is 1. The maximum Gasteiger partial charge on any atom is 0.254 e. The summed E-state index contributed by atoms with van der Waals surface area (Å²) in [5.74, 6) is 0.161. The van der Waals surface area contributed by atoms with E-state index < -0.39 is 0 Å². The number of halogens is 1. The van der Waals surface area contributed by atoms with Crippen molar-refractivity contribution in [3.63, 3.8) is 0 Å². The van der Waals surface area contributed by atoms with E-state index in [1.807, 2.05) is 29.2 Å². The van der Waals surface area contributed by atoms with Crippen LogP contribution in [0.1, 0.15) is 34.1 Å². The fourth-order valence-corrected chi connectivity index (χ4v) is 3.99. The van der Waals surface area contributed by atoms with Crippen molar-refractivity contribution in [2.45, 2.75) is 18.9 Å². The Bertz CT molecular complexity index is 582. The van der Waals surface area contributed by atoms with Crippen LogP contribution in [0.4, 0.5) is 0 Å². The summed E-state index contributed by atoms with van der Waals surface area (Å²) < 4.78 is 1.11. The largest absolute Gasteiger partial charge is 0.331 e. The van der Waals surface area contributed by atoms with Crippen molar-refractivity contribution in [1.82, 2.24) is 4.90 Å². The van der Waals surface area contributed by atoms with E-state index in [0.717, 1.165) is 28.5 Å². The molecule has 2 heterocycles. The highest BCUT2D eigenvalue weighted by Gasteiger charge is 2.31. The molecule has 0 saturated carbocycles. The SMILES string of the molecule is O=C(c1cccc(I)c1)N1CCC[C@H]1c1cccs1. The average Bonchev–Trinajstić information content (AvgIpc) is 3.08. The molecule has 1 saturated heterocycles. The molecular weight excluding hydrogens is 369 g/mol. The lowest BCUT2D eigenvalue weighted by molar-refractivity contribution is 0.0738. The number of hydrogen-bond acceptors (Lipinski definition) is 2. The number of amides is 1. The summed E-state index contributed by atoms with van der Waals surface area (Å²) in [6.07, 6.45) is 2.18. The van der Waals surface area contributed by atoms with Crippen molar-refractivity contribution in [3.8, 4) is 0 Å². The minimum Gasteiger partial charge on any atom is -0.331 e. The number of nitrogens with zero attached hydrogens (tertiary/aromatic N) is 1. The second-order valence-electron chi connectivity index (χ2n) is 4.68. The van der Waals surface area contributed by atoms with Gasteiger partial charge in [0.05, 0.1) is 6.04 Å². The quantitative estimate of drug-likeness (QED) is 0.707. The molecule has 0 radical (unpaired) electrons. The van der Waals surface area contributed by atoms with Gasteiger partial charge in [-0.05, 0) is 65.1 Å². The summed E-state index contributed by atoms with van der Waals surface area (Å²) in [6, 6.07) is 12.3. The molecule has 0 spiro atoms. The average molecular weight is 383 g/mol. The molecule has 1 aromatic carbocycles. The Morgan fingerprint density at radius 2 is 2.21 bits per heavy atom. The first kappa shape index (κ1) is 13.1. The number of rotatable bonds is 2. The van der Waals surface area contributed by atoms with Gasteiger partial charge in [0.15, 0.2) is 0 Å². The van der Waals surface area contributed by atoms with Crippen molar-refractivity contribution in [2.24, 2.45) is 0 Å². The number of carbonyl (C=O) groups is 1. The van der Waals surface area contributed by atoms with Crippen LogP contribution < -0.4 is 0 Å². The van der Waals surface area contributed by atoms with Crippen LogP contribution in [0.2, 0.25) is 0 Å². The highest BCUT2D eigenvalue weighted by Crippen LogP contribution is 2.35. The molecule has 0 unspecified atom stereocenters. The van der Waals surface area contributed by atoms with Gasteiger partial charge in [-0.1, -0.05) is 12.1 Å². The molecule has 2 aromatic rings. The molecule has 98 valence electrons. The smallest absolute Gasteiger partial charge is 0.254 e. The van der Waals surface area contributed by atoms with Crippen LogP contribution >= 0.6 is 33.9 Å². The fourth-order valence-electron chi connectivity index (χ4n) is 2.57. The molecular formula is C15H14INOS. The molecule has 0 aliphatic carbocycles. The van der Waals surface area contributed by atoms with Crippen molar-refractivity contribution in [2.75, 3.05) is 6.54 Å². The van der Waals surface area contributed by atoms with E-state index in [9.17, 15) is 4.79 Å². The van der Waals surface area contributed by atoms with Crippen LogP contribution in [-0.2, 0) is 0 Å². The van der Waals surface area contributed by atoms with Gasteiger partial charge in [-0.2, -0.15) is 0 Å². The Hall–Kier alpha value is -0.880. The van der Waals surface area contributed by atoms with E-state index in [0.29, 0.717) is 0 Å². The van der Waals surface area contributed by atoms with E-state index in [1.54, 1.807) is 11.3 Å². The van der Waals surface area contributed by atoms with Gasteiger partial charge in [0.1, 0.15) is 0 Å². The second-order valence-corrected chi connectivity index (χ2v) is 6.91. The van der Waals surface area contributed by atoms with E-state index in [1.165, 1.54) is 4.88 Å². The zero-order valence-electron chi connectivity index (χ0n) is 10.4. The summed E-state index contributed by atoms with van der Waals surface area (Å²) in [5, 5.41) is 2.09. The Kier molecular flexibility index (Phi) is 3.88. The molecule has 1 amide bonds. The summed E-state index contributed by atoms with van der Waals surface area (Å²) in [7, 11) is 0. The highest BCUT2D eigenvalue weighted by molar-refractivity contribution is 14.1. The van der Waals surface area contributed by atoms with Crippen molar-refractivity contribution >= 4 is 39.8 Å². The standard InChI is InChI=1S/C15H14INOS/c16-12-5-1-4-11(10-12)15(18)17-8-2-6-13(17)14-7-3-9-19-14/h1,3-5,7,9-10,13H,2,6,8H2/t13-/m0/s1. The third-order valence-electron chi connectivity index (χ3n) is 3.46. The second kappa shape index (κ2) is 5.63. The minimum atomic E-state index is 0.161. The Morgan fingerprint density at radius 1 is 1.32 bits per heavy atom. The number of hydrogen-bond donors (Lipinski definition) is 0. The third kappa shape index (κ3) is 2.69. The lowest BCUT2D eigenvalue weighted by Crippen LogP contribution is -2.30. The summed E-state index contributed by atoms with van der Waals surface area (Å²) >= 11 is 3.99. The highest BCUT2D eigenvalue weighted by atomic mass is 127. The first-order valence-corrected chi connectivity index (χ1v) is 8.31. The maximum absolute atomic E-state index is 12.6. The van der Waals surface area contributed by atoms with Crippen LogP contribution in [0.25, 0.3) is 0 Å². The van der Waals surface area contributed by atoms with E-state index in [-0.39, 0.29) is 11.9 Å². The predicted molar refractivity (Wildman–Crippen MR) is 86.5 cm³/mol. The van der Waals surface area contributed by atoms with E-state index in [4.69, 9.17) is 0 Å². The van der Waals surface area contributed by atoms with Gasteiger partial charge < -0.3 is 4.90 Å². The minimum absolute atomic E-state index is 0.161. The molecule has 3 rings (SSSR count). The van der Waals surface area contributed by atoms with Crippen molar-refractivity contribution in [1.29, 1.82) is 0 Å². The van der Waals surface area contributed by atoms with Gasteiger partial charge in [-0.25, -0.2) is 0 Å². The normalized spacial score (nSPS) is 18.8. The summed E-state index contributed by atoms with van der Waals surface area (Å²) in [5.41, 5.74) is 0.801. The van der Waals surface area contributed by atoms with Crippen LogP contribution in [0, 0.1) is 3.57 Å². The monoisotopic (exact) mass is 383 g/mol. The van der Waals surface area contributed by atoms with Gasteiger partial charge in [0, 0.05) is 20.6 Å². The molecule has 2 nitrogen and oxygen atoms in total. The molecule has 1 aliphatic rings. The van der Waals surface area contributed by atoms with Crippen LogP contribution in [-0.4, -0.2) is 17.4 Å². The van der Waals surface area contributed by atoms with Crippen molar-refractivity contribution < 1.29 is 4.79 Å². The number of thiophene rings is 1. The molecule has 1 atom stereocenters. The first-order valence-electron chi connectivity index (χ1n) is 6.35. The van der Waals surface area contributed by atoms with E-state index in [2.05, 4.69) is 40.1 Å². The van der Waals surface area contributed by atoms with Gasteiger partial charge in [-0.3, -0.25) is 4.79 Å². The summed E-state index contributed by atoms with van der Waals surface area (Å²) in [4.78, 5) is 16.0. The molecule has 1 fully saturated rings.